The van der Waals surface area contributed by atoms with E-state index < -0.39 is 0 Å². The number of nitrogens with zero attached hydrogens (tertiary/aromatic N) is 1. The Morgan fingerprint density at radius 2 is 1.82 bits per heavy atom. The Labute approximate surface area is 131 Å². The van der Waals surface area contributed by atoms with Gasteiger partial charge in [-0.3, -0.25) is 5.10 Å². The average molecular weight is 296 g/mol. The number of aromatic amines is 1. The van der Waals surface area contributed by atoms with Crippen LogP contribution < -0.4 is 11.1 Å². The number of hydrogen-bond donors (Lipinski definition) is 3. The molecule has 2 aliphatic carbocycles. The molecule has 4 heteroatoms. The van der Waals surface area contributed by atoms with Gasteiger partial charge in [-0.25, -0.2) is 0 Å². The largest absolute Gasteiger partial charge is 0.328 e. The van der Waals surface area contributed by atoms with Gasteiger partial charge < -0.3 is 11.1 Å². The number of nitrogens with two attached hydrogens (primary N) is 1. The van der Waals surface area contributed by atoms with Crippen molar-refractivity contribution in [2.24, 2.45) is 5.73 Å². The molecule has 2 saturated carbocycles. The molecule has 116 valence electrons. The summed E-state index contributed by atoms with van der Waals surface area (Å²) in [7, 11) is 0. The summed E-state index contributed by atoms with van der Waals surface area (Å²) >= 11 is 0. The molecule has 0 aliphatic heterocycles. The van der Waals surface area contributed by atoms with Gasteiger partial charge in [0.05, 0.1) is 5.69 Å². The van der Waals surface area contributed by atoms with Crippen LogP contribution in [0.5, 0.6) is 0 Å². The first-order chi connectivity index (χ1) is 10.8. The maximum absolute atomic E-state index is 5.98. The highest BCUT2D eigenvalue weighted by atomic mass is 15.1. The van der Waals surface area contributed by atoms with Crippen LogP contribution in [0.3, 0.4) is 0 Å². The molecular weight excluding hydrogens is 272 g/mol. The number of H-pyrrole nitrogens is 1. The highest BCUT2D eigenvalue weighted by molar-refractivity contribution is 5.59. The first-order valence-electron chi connectivity index (χ1n) is 8.41. The molecule has 0 radical (unpaired) electrons. The van der Waals surface area contributed by atoms with Gasteiger partial charge in [0.1, 0.15) is 0 Å². The molecule has 2 aliphatic rings. The number of nitrogens with one attached hydrogen (secondary N) is 2. The Kier molecular flexibility index (Phi) is 3.72. The minimum absolute atomic E-state index is 0.433. The fourth-order valence-corrected chi connectivity index (χ4v) is 3.66. The van der Waals surface area contributed by atoms with E-state index in [1.165, 1.54) is 43.2 Å². The molecule has 0 spiro atoms. The summed E-state index contributed by atoms with van der Waals surface area (Å²) in [6.07, 6.45) is 7.89. The first-order valence-corrected chi connectivity index (χ1v) is 8.41. The van der Waals surface area contributed by atoms with E-state index in [9.17, 15) is 0 Å². The summed E-state index contributed by atoms with van der Waals surface area (Å²) in [5.41, 5.74) is 9.71. The molecule has 2 atom stereocenters. The number of hydrogen-bond acceptors (Lipinski definition) is 3. The summed E-state index contributed by atoms with van der Waals surface area (Å²) in [6.45, 7) is 0. The predicted octanol–water partition coefficient (Wildman–Crippen LogP) is 2.79. The van der Waals surface area contributed by atoms with E-state index in [0.29, 0.717) is 24.0 Å². The van der Waals surface area contributed by atoms with Crippen LogP contribution in [0.1, 0.15) is 43.6 Å². The monoisotopic (exact) mass is 296 g/mol. The van der Waals surface area contributed by atoms with Crippen molar-refractivity contribution in [1.29, 1.82) is 0 Å². The molecule has 2 aromatic rings. The van der Waals surface area contributed by atoms with Crippen molar-refractivity contribution in [1.82, 2.24) is 15.5 Å². The Balaban J connectivity index is 1.34. The topological polar surface area (TPSA) is 66.7 Å². The smallest absolute Gasteiger partial charge is 0.0650 e. The van der Waals surface area contributed by atoms with Crippen molar-refractivity contribution in [3.8, 4) is 11.3 Å². The Hall–Kier alpha value is -1.65. The lowest BCUT2D eigenvalue weighted by Crippen LogP contribution is -2.38. The van der Waals surface area contributed by atoms with Crippen LogP contribution in [0.4, 0.5) is 0 Å². The summed E-state index contributed by atoms with van der Waals surface area (Å²) in [5.74, 6) is 0.686. The molecule has 2 fully saturated rings. The van der Waals surface area contributed by atoms with Crippen LogP contribution >= 0.6 is 0 Å². The molecule has 4 nitrogen and oxygen atoms in total. The van der Waals surface area contributed by atoms with Crippen molar-refractivity contribution in [2.45, 2.75) is 56.1 Å². The van der Waals surface area contributed by atoms with Gasteiger partial charge in [0.2, 0.25) is 0 Å². The first kappa shape index (κ1) is 14.0. The molecule has 1 unspecified atom stereocenters. The molecular formula is C18H24N4. The second-order valence-corrected chi connectivity index (χ2v) is 6.82. The lowest BCUT2D eigenvalue weighted by Gasteiger charge is -2.27. The van der Waals surface area contributed by atoms with E-state index >= 15 is 0 Å². The van der Waals surface area contributed by atoms with Crippen molar-refractivity contribution in [3.63, 3.8) is 0 Å². The minimum atomic E-state index is 0.433. The van der Waals surface area contributed by atoms with Crippen LogP contribution in [-0.4, -0.2) is 28.3 Å². The molecule has 1 aromatic carbocycles. The number of benzene rings is 1. The van der Waals surface area contributed by atoms with E-state index in [-0.39, 0.29) is 0 Å². The Bertz CT molecular complexity index is 597. The zero-order valence-electron chi connectivity index (χ0n) is 12.8. The molecule has 4 N–H and O–H groups in total. The number of rotatable bonds is 4. The summed E-state index contributed by atoms with van der Waals surface area (Å²) < 4.78 is 0. The van der Waals surface area contributed by atoms with Gasteiger partial charge in [-0.05, 0) is 49.3 Å². The fourth-order valence-electron chi connectivity index (χ4n) is 3.66. The molecule has 22 heavy (non-hydrogen) atoms. The average Bonchev–Trinajstić information content (AvgIpc) is 3.09. The lowest BCUT2D eigenvalue weighted by molar-refractivity contribution is 0.339. The third kappa shape index (κ3) is 2.94. The second-order valence-electron chi connectivity index (χ2n) is 6.82. The summed E-state index contributed by atoms with van der Waals surface area (Å²) in [6, 6.07) is 12.7. The quantitative estimate of drug-likeness (QED) is 0.813. The molecule has 1 heterocycles. The minimum Gasteiger partial charge on any atom is -0.328 e. The predicted molar refractivity (Wildman–Crippen MR) is 88.5 cm³/mol. The van der Waals surface area contributed by atoms with Gasteiger partial charge in [-0.15, -0.1) is 0 Å². The molecule has 4 rings (SSSR count). The van der Waals surface area contributed by atoms with Gasteiger partial charge in [0.15, 0.2) is 0 Å². The van der Waals surface area contributed by atoms with E-state index in [1.807, 2.05) is 6.07 Å². The van der Waals surface area contributed by atoms with Gasteiger partial charge in [0, 0.05) is 30.2 Å². The van der Waals surface area contributed by atoms with Gasteiger partial charge >= 0.3 is 0 Å². The molecule has 0 bridgehead atoms. The Morgan fingerprint density at radius 1 is 1.05 bits per heavy atom. The zero-order valence-corrected chi connectivity index (χ0v) is 12.8. The second kappa shape index (κ2) is 5.86. The highest BCUT2D eigenvalue weighted by Gasteiger charge is 2.39. The standard InChI is InChI=1S/C18H24N4/c19-14-5-7-15(8-6-14)21-18-11-16(18)12-1-3-13(4-2-12)17-9-10-20-22-17/h1-4,9-10,14-16,18,21H,5-8,11,19H2,(H,20,22)/t14?,15?,16-,18?/m1/s1. The zero-order chi connectivity index (χ0) is 14.9. The highest BCUT2D eigenvalue weighted by Crippen LogP contribution is 2.42. The normalized spacial score (nSPS) is 31.1. The van der Waals surface area contributed by atoms with E-state index in [0.717, 1.165) is 5.69 Å². The maximum Gasteiger partial charge on any atom is 0.0650 e. The van der Waals surface area contributed by atoms with Crippen LogP contribution in [0.2, 0.25) is 0 Å². The fraction of sp³-hybridized carbons (Fsp3) is 0.500. The molecule has 0 saturated heterocycles. The molecule has 1 aromatic heterocycles. The van der Waals surface area contributed by atoms with Gasteiger partial charge in [0.25, 0.3) is 0 Å². The summed E-state index contributed by atoms with van der Waals surface area (Å²) in [4.78, 5) is 0. The Morgan fingerprint density at radius 3 is 2.50 bits per heavy atom. The third-order valence-electron chi connectivity index (χ3n) is 5.16. The van der Waals surface area contributed by atoms with Crippen LogP contribution in [-0.2, 0) is 0 Å². The van der Waals surface area contributed by atoms with Gasteiger partial charge in [-0.1, -0.05) is 24.3 Å². The van der Waals surface area contributed by atoms with Gasteiger partial charge in [-0.2, -0.15) is 5.10 Å². The van der Waals surface area contributed by atoms with Crippen LogP contribution in [0.15, 0.2) is 36.5 Å². The van der Waals surface area contributed by atoms with E-state index in [4.69, 9.17) is 5.73 Å². The van der Waals surface area contributed by atoms with Crippen molar-refractivity contribution >= 4 is 0 Å². The van der Waals surface area contributed by atoms with E-state index in [2.05, 4.69) is 39.8 Å². The van der Waals surface area contributed by atoms with E-state index in [1.54, 1.807) is 6.20 Å². The SMILES string of the molecule is NC1CCC(NC2C[C@@H]2c2ccc(-c3ccn[nH]3)cc2)CC1. The number of aromatic nitrogens is 2. The lowest BCUT2D eigenvalue weighted by atomic mass is 9.92. The summed E-state index contributed by atoms with van der Waals surface area (Å²) in [5, 5.41) is 10.9. The van der Waals surface area contributed by atoms with Crippen LogP contribution in [0.25, 0.3) is 11.3 Å². The van der Waals surface area contributed by atoms with Crippen LogP contribution in [0, 0.1) is 0 Å². The molecule has 0 amide bonds. The van der Waals surface area contributed by atoms with Crippen molar-refractivity contribution in [2.75, 3.05) is 0 Å². The maximum atomic E-state index is 5.98. The third-order valence-corrected chi connectivity index (χ3v) is 5.16. The van der Waals surface area contributed by atoms with Crippen molar-refractivity contribution < 1.29 is 0 Å². The van der Waals surface area contributed by atoms with Crippen molar-refractivity contribution in [3.05, 3.63) is 42.1 Å².